The highest BCUT2D eigenvalue weighted by Gasteiger charge is 2.22. The molecule has 0 aliphatic heterocycles. The highest BCUT2D eigenvalue weighted by atomic mass is 32.1. The van der Waals surface area contributed by atoms with Gasteiger partial charge in [-0.2, -0.15) is 0 Å². The second-order valence-corrected chi connectivity index (χ2v) is 8.80. The van der Waals surface area contributed by atoms with Gasteiger partial charge in [-0.05, 0) is 29.8 Å². The number of aromatic amines is 1. The van der Waals surface area contributed by atoms with Gasteiger partial charge in [0.25, 0.3) is 5.56 Å². The second-order valence-electron chi connectivity index (χ2n) is 7.92. The lowest BCUT2D eigenvalue weighted by Crippen LogP contribution is -2.34. The Kier molecular flexibility index (Phi) is 7.36. The average molecular weight is 536 g/mol. The van der Waals surface area contributed by atoms with Gasteiger partial charge in [-0.3, -0.25) is 4.79 Å². The fourth-order valence-electron chi connectivity index (χ4n) is 3.82. The number of anilines is 1. The molecule has 2 aromatic carbocycles. The summed E-state index contributed by atoms with van der Waals surface area (Å²) >= 11 is 0.753. The monoisotopic (exact) mass is 535 g/mol. The minimum Gasteiger partial charge on any atom is -0.489 e. The minimum absolute atomic E-state index is 0.0209. The highest BCUT2D eigenvalue weighted by Crippen LogP contribution is 2.33. The minimum atomic E-state index is -1.37. The molecule has 2 heterocycles. The van der Waals surface area contributed by atoms with Crippen LogP contribution in [-0.4, -0.2) is 48.0 Å². The number of carboxylic acids is 1. The Morgan fingerprint density at radius 2 is 1.86 bits per heavy atom. The van der Waals surface area contributed by atoms with Crippen LogP contribution in [0.25, 0.3) is 16.6 Å². The fourth-order valence-corrected chi connectivity index (χ4v) is 4.65. The standard InChI is InChI=1S/C24H20F3N3O6S/c1-29(20-17(36-8-7-35-2)6-5-14(26)19(20)27)10-12-3-4-13(25)16(9-12)30-22(31)18-15(28-24(30)34)11-37-21(18)23(32)33/h3-6,9,11H,7-8,10H2,1-2H3,(H,28,34)(H,32,33). The number of thiophene rings is 1. The van der Waals surface area contributed by atoms with Crippen molar-refractivity contribution < 1.29 is 32.5 Å². The van der Waals surface area contributed by atoms with Crippen molar-refractivity contribution in [1.82, 2.24) is 9.55 Å². The molecule has 0 fully saturated rings. The van der Waals surface area contributed by atoms with Crippen LogP contribution < -0.4 is 20.9 Å². The van der Waals surface area contributed by atoms with Crippen LogP contribution in [0.2, 0.25) is 0 Å². The van der Waals surface area contributed by atoms with Gasteiger partial charge in [0, 0.05) is 26.1 Å². The molecule has 13 heteroatoms. The number of benzene rings is 2. The molecule has 2 aromatic heterocycles. The van der Waals surface area contributed by atoms with Gasteiger partial charge >= 0.3 is 11.7 Å². The third kappa shape index (κ3) is 4.95. The Labute approximate surface area is 210 Å². The predicted molar refractivity (Wildman–Crippen MR) is 131 cm³/mol. The van der Waals surface area contributed by atoms with Gasteiger partial charge in [0.05, 0.1) is 23.2 Å². The SMILES string of the molecule is COCCOc1ccc(F)c(F)c1N(C)Cc1ccc(F)c(-n2c(=O)[nH]c3csc(C(=O)O)c3c2=O)c1. The molecule has 9 nitrogen and oxygen atoms in total. The van der Waals surface area contributed by atoms with E-state index in [1.54, 1.807) is 0 Å². The smallest absolute Gasteiger partial charge is 0.346 e. The lowest BCUT2D eigenvalue weighted by molar-refractivity contribution is 0.0704. The molecule has 0 radical (unpaired) electrons. The van der Waals surface area contributed by atoms with Gasteiger partial charge in [-0.1, -0.05) is 6.07 Å². The van der Waals surface area contributed by atoms with E-state index in [1.165, 1.54) is 42.6 Å². The maximum absolute atomic E-state index is 14.8. The maximum atomic E-state index is 14.8. The number of nitrogens with one attached hydrogen (secondary N) is 1. The number of nitrogens with zero attached hydrogens (tertiary/aromatic N) is 2. The molecule has 0 aliphatic carbocycles. The summed E-state index contributed by atoms with van der Waals surface area (Å²) in [4.78, 5) is 40.7. The van der Waals surface area contributed by atoms with Crippen molar-refractivity contribution in [2.24, 2.45) is 0 Å². The number of hydrogen-bond acceptors (Lipinski definition) is 7. The van der Waals surface area contributed by atoms with E-state index in [2.05, 4.69) is 4.98 Å². The molecule has 0 amide bonds. The zero-order valence-corrected chi connectivity index (χ0v) is 20.3. The zero-order valence-electron chi connectivity index (χ0n) is 19.5. The van der Waals surface area contributed by atoms with Crippen molar-refractivity contribution in [2.45, 2.75) is 6.54 Å². The van der Waals surface area contributed by atoms with E-state index in [0.29, 0.717) is 10.1 Å². The molecule has 194 valence electrons. The summed E-state index contributed by atoms with van der Waals surface area (Å²) in [6.07, 6.45) is 0. The molecular weight excluding hydrogens is 515 g/mol. The first-order valence-electron chi connectivity index (χ1n) is 10.7. The average Bonchev–Trinajstić information content (AvgIpc) is 3.28. The van der Waals surface area contributed by atoms with Gasteiger partial charge in [0.15, 0.2) is 11.6 Å². The lowest BCUT2D eigenvalue weighted by atomic mass is 10.1. The Morgan fingerprint density at radius 3 is 2.57 bits per heavy atom. The number of fused-ring (bicyclic) bond motifs is 1. The number of halogens is 3. The Hall–Kier alpha value is -4.10. The number of aromatic nitrogens is 2. The van der Waals surface area contributed by atoms with E-state index in [1.807, 2.05) is 0 Å². The van der Waals surface area contributed by atoms with Crippen LogP contribution in [0.3, 0.4) is 0 Å². The lowest BCUT2D eigenvalue weighted by Gasteiger charge is -2.23. The first-order chi connectivity index (χ1) is 17.6. The summed E-state index contributed by atoms with van der Waals surface area (Å²) in [5, 5.41) is 10.4. The van der Waals surface area contributed by atoms with E-state index in [-0.39, 0.29) is 47.0 Å². The number of aromatic carboxylic acids is 1. The predicted octanol–water partition coefficient (Wildman–Crippen LogP) is 3.52. The summed E-state index contributed by atoms with van der Waals surface area (Å²) in [6, 6.07) is 5.76. The number of methoxy groups -OCH3 is 1. The van der Waals surface area contributed by atoms with Crippen molar-refractivity contribution in [1.29, 1.82) is 0 Å². The summed E-state index contributed by atoms with van der Waals surface area (Å²) in [7, 11) is 2.92. The molecule has 0 unspecified atom stereocenters. The number of ether oxygens (including phenoxy) is 2. The van der Waals surface area contributed by atoms with Crippen LogP contribution >= 0.6 is 11.3 Å². The molecule has 4 aromatic rings. The number of carbonyl (C=O) groups is 1. The summed E-state index contributed by atoms with van der Waals surface area (Å²) in [5.41, 5.74) is -2.25. The van der Waals surface area contributed by atoms with Gasteiger partial charge in [0.2, 0.25) is 0 Å². The van der Waals surface area contributed by atoms with Crippen molar-refractivity contribution in [3.05, 3.63) is 84.4 Å². The molecule has 0 bridgehead atoms. The van der Waals surface area contributed by atoms with Crippen LogP contribution in [0.1, 0.15) is 15.2 Å². The van der Waals surface area contributed by atoms with Crippen LogP contribution in [0.15, 0.2) is 45.3 Å². The van der Waals surface area contributed by atoms with Crippen molar-refractivity contribution >= 4 is 33.9 Å². The fraction of sp³-hybridized carbons (Fsp3) is 0.208. The topological polar surface area (TPSA) is 114 Å². The molecule has 4 rings (SSSR count). The van der Waals surface area contributed by atoms with Crippen molar-refractivity contribution in [2.75, 3.05) is 32.3 Å². The molecule has 0 atom stereocenters. The normalized spacial score (nSPS) is 11.2. The molecular formula is C24H20F3N3O6S. The third-order valence-corrected chi connectivity index (χ3v) is 6.44. The number of rotatable bonds is 9. The van der Waals surface area contributed by atoms with E-state index in [0.717, 1.165) is 23.5 Å². The van der Waals surface area contributed by atoms with E-state index in [4.69, 9.17) is 9.47 Å². The summed E-state index contributed by atoms with van der Waals surface area (Å²) in [6.45, 7) is 0.199. The largest absolute Gasteiger partial charge is 0.489 e. The van der Waals surface area contributed by atoms with Crippen LogP contribution in [-0.2, 0) is 11.3 Å². The van der Waals surface area contributed by atoms with Crippen LogP contribution in [0.5, 0.6) is 5.75 Å². The number of carboxylic acid groups (broad SMARTS) is 1. The van der Waals surface area contributed by atoms with E-state index >= 15 is 0 Å². The Morgan fingerprint density at radius 1 is 1.14 bits per heavy atom. The summed E-state index contributed by atoms with van der Waals surface area (Å²) in [5.74, 6) is -4.50. The molecule has 2 N–H and O–H groups in total. The van der Waals surface area contributed by atoms with Gasteiger partial charge in [-0.15, -0.1) is 11.3 Å². The van der Waals surface area contributed by atoms with Gasteiger partial charge < -0.3 is 24.5 Å². The maximum Gasteiger partial charge on any atom is 0.346 e. The zero-order chi connectivity index (χ0) is 26.9. The van der Waals surface area contributed by atoms with Gasteiger partial charge in [0.1, 0.15) is 28.7 Å². The molecule has 0 aliphatic rings. The number of hydrogen-bond donors (Lipinski definition) is 2. The van der Waals surface area contributed by atoms with Gasteiger partial charge in [-0.25, -0.2) is 27.3 Å². The molecule has 0 saturated heterocycles. The van der Waals surface area contributed by atoms with Crippen LogP contribution in [0, 0.1) is 17.5 Å². The molecule has 0 saturated carbocycles. The van der Waals surface area contributed by atoms with Crippen molar-refractivity contribution in [3.8, 4) is 11.4 Å². The molecule has 37 heavy (non-hydrogen) atoms. The van der Waals surface area contributed by atoms with Crippen LogP contribution in [0.4, 0.5) is 18.9 Å². The molecule has 0 spiro atoms. The van der Waals surface area contributed by atoms with Crippen molar-refractivity contribution in [3.63, 3.8) is 0 Å². The summed E-state index contributed by atoms with van der Waals surface area (Å²) < 4.78 is 54.5. The van der Waals surface area contributed by atoms with E-state index < -0.39 is 40.4 Å². The quantitative estimate of drug-likeness (QED) is 0.315. The Balaban J connectivity index is 1.76. The number of H-pyrrole nitrogens is 1. The first kappa shape index (κ1) is 26.0. The van der Waals surface area contributed by atoms with E-state index in [9.17, 15) is 32.7 Å². The Bertz CT molecular complexity index is 1610. The third-order valence-electron chi connectivity index (χ3n) is 5.48. The first-order valence-corrected chi connectivity index (χ1v) is 11.6. The second kappa shape index (κ2) is 10.5. The highest BCUT2D eigenvalue weighted by molar-refractivity contribution is 7.13.